The zero-order valence-corrected chi connectivity index (χ0v) is 13.9. The van der Waals surface area contributed by atoms with Gasteiger partial charge in [0, 0.05) is 28.7 Å². The van der Waals surface area contributed by atoms with Crippen molar-refractivity contribution in [3.05, 3.63) is 64.7 Å². The first-order valence-corrected chi connectivity index (χ1v) is 7.82. The summed E-state index contributed by atoms with van der Waals surface area (Å²) in [4.78, 5) is 2.40. The van der Waals surface area contributed by atoms with Crippen molar-refractivity contribution in [2.45, 2.75) is 38.1 Å². The van der Waals surface area contributed by atoms with Gasteiger partial charge in [-0.3, -0.25) is 0 Å². The van der Waals surface area contributed by atoms with E-state index in [9.17, 15) is 0 Å². The molecule has 2 heteroatoms. The summed E-state index contributed by atoms with van der Waals surface area (Å²) in [5, 5.41) is 0.794. The van der Waals surface area contributed by atoms with E-state index in [0.29, 0.717) is 0 Å². The van der Waals surface area contributed by atoms with Gasteiger partial charge in [-0.1, -0.05) is 48.9 Å². The van der Waals surface area contributed by atoms with Crippen LogP contribution in [0.4, 0.5) is 5.69 Å². The molecule has 0 radical (unpaired) electrons. The Morgan fingerprint density at radius 2 is 1.57 bits per heavy atom. The summed E-state index contributed by atoms with van der Waals surface area (Å²) in [7, 11) is 2.19. The fourth-order valence-corrected chi connectivity index (χ4v) is 3.84. The van der Waals surface area contributed by atoms with Gasteiger partial charge in [-0.25, -0.2) is 0 Å². The molecular formula is C19H22ClN. The molecule has 3 rings (SSSR count). The number of nitrogens with zero attached hydrogens (tertiary/aromatic N) is 1. The molecular weight excluding hydrogens is 278 g/mol. The molecule has 0 aromatic heterocycles. The van der Waals surface area contributed by atoms with E-state index in [4.69, 9.17) is 11.6 Å². The van der Waals surface area contributed by atoms with Crippen molar-refractivity contribution in [2.75, 3.05) is 11.9 Å². The maximum absolute atomic E-state index is 6.07. The second-order valence-corrected chi connectivity index (χ2v) is 7.34. The van der Waals surface area contributed by atoms with Gasteiger partial charge in [0.25, 0.3) is 0 Å². The Hall–Kier alpha value is -1.47. The van der Waals surface area contributed by atoms with Crippen LogP contribution in [-0.4, -0.2) is 12.6 Å². The maximum atomic E-state index is 6.07. The Bertz CT molecular complexity index is 660. The van der Waals surface area contributed by atoms with Crippen LogP contribution in [0, 0.1) is 0 Å². The van der Waals surface area contributed by atoms with Crippen molar-refractivity contribution >= 4 is 17.3 Å². The van der Waals surface area contributed by atoms with Crippen LogP contribution in [-0.2, 0) is 5.41 Å². The smallest absolute Gasteiger partial charge is 0.0409 e. The van der Waals surface area contributed by atoms with Gasteiger partial charge < -0.3 is 4.90 Å². The number of para-hydroxylation sites is 1. The monoisotopic (exact) mass is 299 g/mol. The van der Waals surface area contributed by atoms with Crippen LogP contribution in [0.5, 0.6) is 0 Å². The van der Waals surface area contributed by atoms with E-state index in [1.807, 2.05) is 12.1 Å². The minimum atomic E-state index is 0.0111. The first-order chi connectivity index (χ1) is 9.84. The van der Waals surface area contributed by atoms with Gasteiger partial charge >= 0.3 is 0 Å². The molecule has 110 valence electrons. The Kier molecular flexibility index (Phi) is 3.29. The normalized spacial score (nSPS) is 23.8. The Labute approximate surface area is 132 Å². The SMILES string of the molecule is CN1c2ccccc2C(C)(c2ccc(Cl)cc2)CC1(C)C. The highest BCUT2D eigenvalue weighted by molar-refractivity contribution is 6.30. The second kappa shape index (κ2) is 4.78. The standard InChI is InChI=1S/C19H22ClN/c1-18(2)13-19(3,14-9-11-15(20)12-10-14)16-7-5-6-8-17(16)21(18)4/h5-12H,13H2,1-4H3. The average Bonchev–Trinajstić information content (AvgIpc) is 2.45. The quantitative estimate of drug-likeness (QED) is 0.694. The van der Waals surface area contributed by atoms with E-state index in [2.05, 4.69) is 69.1 Å². The maximum Gasteiger partial charge on any atom is 0.0409 e. The Morgan fingerprint density at radius 1 is 0.952 bits per heavy atom. The summed E-state index contributed by atoms with van der Waals surface area (Å²) in [6.45, 7) is 6.98. The molecule has 1 aliphatic heterocycles. The molecule has 1 heterocycles. The zero-order chi connectivity index (χ0) is 15.3. The van der Waals surface area contributed by atoms with Crippen LogP contribution in [0.15, 0.2) is 48.5 Å². The zero-order valence-electron chi connectivity index (χ0n) is 13.2. The molecule has 0 aliphatic carbocycles. The third-order valence-corrected chi connectivity index (χ3v) is 5.29. The lowest BCUT2D eigenvalue weighted by atomic mass is 9.65. The number of halogens is 1. The highest BCUT2D eigenvalue weighted by Crippen LogP contribution is 2.49. The fraction of sp³-hybridized carbons (Fsp3) is 0.368. The Morgan fingerprint density at radius 3 is 2.24 bits per heavy atom. The average molecular weight is 300 g/mol. The number of hydrogen-bond donors (Lipinski definition) is 0. The predicted octanol–water partition coefficient (Wildman–Crippen LogP) is 5.26. The van der Waals surface area contributed by atoms with Crippen molar-refractivity contribution in [3.63, 3.8) is 0 Å². The van der Waals surface area contributed by atoms with Crippen molar-refractivity contribution in [1.82, 2.24) is 0 Å². The predicted molar refractivity (Wildman–Crippen MR) is 91.4 cm³/mol. The molecule has 0 fully saturated rings. The lowest BCUT2D eigenvalue weighted by Crippen LogP contribution is -2.51. The second-order valence-electron chi connectivity index (χ2n) is 6.90. The van der Waals surface area contributed by atoms with Gasteiger partial charge in [0.05, 0.1) is 0 Å². The van der Waals surface area contributed by atoms with Gasteiger partial charge in [0.15, 0.2) is 0 Å². The lowest BCUT2D eigenvalue weighted by molar-refractivity contribution is 0.335. The van der Waals surface area contributed by atoms with E-state index in [-0.39, 0.29) is 11.0 Å². The summed E-state index contributed by atoms with van der Waals surface area (Å²) in [6, 6.07) is 17.1. The Balaban J connectivity index is 2.22. The molecule has 0 N–H and O–H groups in total. The molecule has 1 atom stereocenters. The minimum absolute atomic E-state index is 0.0111. The highest BCUT2D eigenvalue weighted by atomic mass is 35.5. The number of rotatable bonds is 1. The van der Waals surface area contributed by atoms with Crippen LogP contribution in [0.1, 0.15) is 38.3 Å². The van der Waals surface area contributed by atoms with Crippen molar-refractivity contribution in [2.24, 2.45) is 0 Å². The summed E-state index contributed by atoms with van der Waals surface area (Å²) < 4.78 is 0. The third-order valence-electron chi connectivity index (χ3n) is 5.04. The molecule has 1 aliphatic rings. The van der Waals surface area contributed by atoms with Gasteiger partial charge in [0.2, 0.25) is 0 Å². The number of anilines is 1. The van der Waals surface area contributed by atoms with Crippen LogP contribution < -0.4 is 4.90 Å². The van der Waals surface area contributed by atoms with Crippen LogP contribution in [0.25, 0.3) is 0 Å². The summed E-state index contributed by atoms with van der Waals surface area (Å²) in [5.41, 5.74) is 4.18. The molecule has 0 amide bonds. The molecule has 1 unspecified atom stereocenters. The number of benzene rings is 2. The molecule has 1 nitrogen and oxygen atoms in total. The molecule has 2 aromatic carbocycles. The fourth-order valence-electron chi connectivity index (χ4n) is 3.71. The minimum Gasteiger partial charge on any atom is -0.369 e. The van der Waals surface area contributed by atoms with Crippen LogP contribution in [0.3, 0.4) is 0 Å². The molecule has 0 bridgehead atoms. The number of hydrogen-bond acceptors (Lipinski definition) is 1. The topological polar surface area (TPSA) is 3.24 Å². The van der Waals surface area contributed by atoms with Crippen molar-refractivity contribution < 1.29 is 0 Å². The molecule has 2 aromatic rings. The third kappa shape index (κ3) is 2.24. The van der Waals surface area contributed by atoms with Gasteiger partial charge in [-0.05, 0) is 49.6 Å². The van der Waals surface area contributed by atoms with Crippen LogP contribution in [0.2, 0.25) is 5.02 Å². The highest BCUT2D eigenvalue weighted by Gasteiger charge is 2.43. The number of fused-ring (bicyclic) bond motifs is 1. The van der Waals surface area contributed by atoms with Crippen molar-refractivity contribution in [3.8, 4) is 0 Å². The lowest BCUT2D eigenvalue weighted by Gasteiger charge is -2.51. The van der Waals surface area contributed by atoms with E-state index in [1.165, 1.54) is 16.8 Å². The molecule has 0 spiro atoms. The van der Waals surface area contributed by atoms with Crippen LogP contribution >= 0.6 is 11.6 Å². The van der Waals surface area contributed by atoms with E-state index in [1.54, 1.807) is 0 Å². The van der Waals surface area contributed by atoms with E-state index in [0.717, 1.165) is 11.4 Å². The molecule has 21 heavy (non-hydrogen) atoms. The van der Waals surface area contributed by atoms with Crippen molar-refractivity contribution in [1.29, 1.82) is 0 Å². The van der Waals surface area contributed by atoms with Gasteiger partial charge in [0.1, 0.15) is 0 Å². The van der Waals surface area contributed by atoms with E-state index < -0.39 is 0 Å². The van der Waals surface area contributed by atoms with Gasteiger partial charge in [-0.2, -0.15) is 0 Å². The van der Waals surface area contributed by atoms with Gasteiger partial charge in [-0.15, -0.1) is 0 Å². The summed E-state index contributed by atoms with van der Waals surface area (Å²) >= 11 is 6.07. The first kappa shape index (κ1) is 14.5. The summed E-state index contributed by atoms with van der Waals surface area (Å²) in [6.07, 6.45) is 1.08. The largest absolute Gasteiger partial charge is 0.369 e. The van der Waals surface area contributed by atoms with E-state index >= 15 is 0 Å². The molecule has 0 saturated carbocycles. The molecule has 0 saturated heterocycles. The first-order valence-electron chi connectivity index (χ1n) is 7.44. The summed E-state index contributed by atoms with van der Waals surface area (Å²) in [5.74, 6) is 0.